The smallest absolute Gasteiger partial charge is 0.217 e. The summed E-state index contributed by atoms with van der Waals surface area (Å²) in [6, 6.07) is -0.640. The molecule has 0 aromatic heterocycles. The van der Waals surface area contributed by atoms with Crippen LogP contribution >= 0.6 is 0 Å². The average molecular weight is 204 g/mol. The van der Waals surface area contributed by atoms with Crippen molar-refractivity contribution in [1.29, 1.82) is 0 Å². The first kappa shape index (κ1) is 11.4. The van der Waals surface area contributed by atoms with Gasteiger partial charge in [0.05, 0.1) is 12.6 Å². The Hall–Kier alpha value is -0.690. The second kappa shape index (κ2) is 4.70. The zero-order valence-electron chi connectivity index (χ0n) is 7.75. The van der Waals surface area contributed by atoms with Gasteiger partial charge in [-0.05, 0) is 0 Å². The molecule has 0 aromatic rings. The molecule has 0 aromatic carbocycles. The van der Waals surface area contributed by atoms with Gasteiger partial charge >= 0.3 is 0 Å². The summed E-state index contributed by atoms with van der Waals surface area (Å²) < 4.78 is 4.93. The molecule has 1 amide bonds. The van der Waals surface area contributed by atoms with Crippen LogP contribution in [0.15, 0.2) is 0 Å². The first-order valence-electron chi connectivity index (χ1n) is 4.29. The molecule has 1 aliphatic heterocycles. The number of carbonyl (C=O) groups excluding carboxylic acids is 1. The van der Waals surface area contributed by atoms with Crippen LogP contribution in [0.3, 0.4) is 0 Å². The number of nitrogens with one attached hydrogen (secondary N) is 1. The zero-order valence-corrected chi connectivity index (χ0v) is 7.75. The molecule has 1 rings (SSSR count). The lowest BCUT2D eigenvalue weighted by molar-refractivity contribution is -0.120. The molecule has 0 spiro atoms. The minimum atomic E-state index is -1.15. The SMILES string of the molecule is CC(=O)N[C@@H]1[CH]O[C@@H]([C@@H](O)CO)[C@@H]1O. The number of hydrogen-bond acceptors (Lipinski definition) is 5. The van der Waals surface area contributed by atoms with Crippen LogP contribution in [0.5, 0.6) is 0 Å². The van der Waals surface area contributed by atoms with Crippen molar-refractivity contribution in [2.75, 3.05) is 6.61 Å². The monoisotopic (exact) mass is 204 g/mol. The van der Waals surface area contributed by atoms with Gasteiger partial charge in [0, 0.05) is 6.92 Å². The maximum Gasteiger partial charge on any atom is 0.217 e. The van der Waals surface area contributed by atoms with Crippen molar-refractivity contribution in [1.82, 2.24) is 5.32 Å². The van der Waals surface area contributed by atoms with Gasteiger partial charge in [-0.25, -0.2) is 0 Å². The fourth-order valence-corrected chi connectivity index (χ4v) is 1.32. The van der Waals surface area contributed by atoms with Crippen LogP contribution in [0.1, 0.15) is 6.92 Å². The van der Waals surface area contributed by atoms with Gasteiger partial charge < -0.3 is 25.4 Å². The highest BCUT2D eigenvalue weighted by Crippen LogP contribution is 2.20. The molecule has 1 aliphatic rings. The quantitative estimate of drug-likeness (QED) is 0.417. The maximum absolute atomic E-state index is 10.7. The number of ether oxygens (including phenoxy) is 1. The van der Waals surface area contributed by atoms with E-state index in [2.05, 4.69) is 5.32 Å². The summed E-state index contributed by atoms with van der Waals surface area (Å²) >= 11 is 0. The van der Waals surface area contributed by atoms with Crippen molar-refractivity contribution in [3.63, 3.8) is 0 Å². The molecule has 4 N–H and O–H groups in total. The number of carbonyl (C=O) groups is 1. The van der Waals surface area contributed by atoms with Crippen molar-refractivity contribution >= 4 is 5.91 Å². The summed E-state index contributed by atoms with van der Waals surface area (Å²) in [6.07, 6.45) is -3.09. The number of aliphatic hydroxyl groups excluding tert-OH is 3. The number of hydrogen-bond donors (Lipinski definition) is 4. The number of aliphatic hydroxyl groups is 3. The van der Waals surface area contributed by atoms with Gasteiger partial charge in [-0.15, -0.1) is 0 Å². The normalized spacial score (nSPS) is 34.1. The summed E-state index contributed by atoms with van der Waals surface area (Å²) in [6.45, 7) is 2.06. The Balaban J connectivity index is 2.50. The minimum Gasteiger partial charge on any atom is -0.394 e. The third kappa shape index (κ3) is 2.42. The van der Waals surface area contributed by atoms with E-state index < -0.39 is 31.0 Å². The Morgan fingerprint density at radius 1 is 1.71 bits per heavy atom. The average Bonchev–Trinajstić information content (AvgIpc) is 2.46. The number of amides is 1. The Morgan fingerprint density at radius 2 is 2.36 bits per heavy atom. The molecule has 1 saturated heterocycles. The van der Waals surface area contributed by atoms with Crippen LogP contribution in [-0.2, 0) is 9.53 Å². The van der Waals surface area contributed by atoms with E-state index in [1.54, 1.807) is 0 Å². The summed E-state index contributed by atoms with van der Waals surface area (Å²) in [5.41, 5.74) is 0. The zero-order chi connectivity index (χ0) is 10.7. The van der Waals surface area contributed by atoms with E-state index >= 15 is 0 Å². The molecule has 6 heteroatoms. The lowest BCUT2D eigenvalue weighted by atomic mass is 10.1. The van der Waals surface area contributed by atoms with Crippen molar-refractivity contribution in [2.24, 2.45) is 0 Å². The molecule has 1 fully saturated rings. The molecule has 1 radical (unpaired) electrons. The van der Waals surface area contributed by atoms with Gasteiger partial charge in [0.15, 0.2) is 0 Å². The molecule has 6 nitrogen and oxygen atoms in total. The molecule has 0 aliphatic carbocycles. The predicted molar refractivity (Wildman–Crippen MR) is 45.9 cm³/mol. The lowest BCUT2D eigenvalue weighted by Crippen LogP contribution is -2.46. The van der Waals surface area contributed by atoms with Gasteiger partial charge in [0.25, 0.3) is 0 Å². The van der Waals surface area contributed by atoms with E-state index in [1.807, 2.05) is 0 Å². The van der Waals surface area contributed by atoms with E-state index in [0.29, 0.717) is 0 Å². The van der Waals surface area contributed by atoms with Crippen molar-refractivity contribution < 1.29 is 24.9 Å². The van der Waals surface area contributed by atoms with Gasteiger partial charge in [0.1, 0.15) is 24.9 Å². The molecule has 1 heterocycles. The van der Waals surface area contributed by atoms with Gasteiger partial charge in [-0.1, -0.05) is 0 Å². The van der Waals surface area contributed by atoms with Crippen molar-refractivity contribution in [3.05, 3.63) is 6.61 Å². The van der Waals surface area contributed by atoms with E-state index in [4.69, 9.17) is 9.84 Å². The second-order valence-electron chi connectivity index (χ2n) is 3.20. The second-order valence-corrected chi connectivity index (χ2v) is 3.20. The Morgan fingerprint density at radius 3 is 2.86 bits per heavy atom. The largest absolute Gasteiger partial charge is 0.394 e. The summed E-state index contributed by atoms with van der Waals surface area (Å²) in [5, 5.41) is 29.8. The Kier molecular flexibility index (Phi) is 3.82. The van der Waals surface area contributed by atoms with E-state index in [-0.39, 0.29) is 5.91 Å². The third-order valence-corrected chi connectivity index (χ3v) is 2.02. The highest BCUT2D eigenvalue weighted by Gasteiger charge is 2.40. The van der Waals surface area contributed by atoms with Crippen LogP contribution in [0, 0.1) is 6.61 Å². The minimum absolute atomic E-state index is 0.298. The van der Waals surface area contributed by atoms with Crippen molar-refractivity contribution in [2.45, 2.75) is 31.3 Å². The Labute approximate surface area is 81.5 Å². The fourth-order valence-electron chi connectivity index (χ4n) is 1.32. The highest BCUT2D eigenvalue weighted by molar-refractivity contribution is 5.73. The molecular weight excluding hydrogens is 190 g/mol. The van der Waals surface area contributed by atoms with Crippen LogP contribution < -0.4 is 5.32 Å². The standard InChI is InChI=1S/C8H14NO5/c1-4(11)9-5-3-14-8(7(5)13)6(12)2-10/h3,5-8,10,12-13H,2H2,1H3,(H,9,11)/t5-,6+,7-,8+/m1/s1. The number of rotatable bonds is 3. The van der Waals surface area contributed by atoms with E-state index in [1.165, 1.54) is 13.5 Å². The summed E-state index contributed by atoms with van der Waals surface area (Å²) in [7, 11) is 0. The van der Waals surface area contributed by atoms with Crippen LogP contribution in [-0.4, -0.2) is 52.2 Å². The predicted octanol–water partition coefficient (Wildman–Crippen LogP) is -2.23. The maximum atomic E-state index is 10.7. The van der Waals surface area contributed by atoms with E-state index in [9.17, 15) is 15.0 Å². The fraction of sp³-hybridized carbons (Fsp3) is 0.750. The van der Waals surface area contributed by atoms with Gasteiger partial charge in [0.2, 0.25) is 5.91 Å². The van der Waals surface area contributed by atoms with Crippen LogP contribution in [0.2, 0.25) is 0 Å². The Bertz CT molecular complexity index is 210. The highest BCUT2D eigenvalue weighted by atomic mass is 16.5. The molecule has 0 saturated carbocycles. The van der Waals surface area contributed by atoms with Crippen molar-refractivity contribution in [3.8, 4) is 0 Å². The first-order valence-corrected chi connectivity index (χ1v) is 4.29. The summed E-state index contributed by atoms with van der Waals surface area (Å²) in [4.78, 5) is 10.7. The lowest BCUT2D eigenvalue weighted by Gasteiger charge is -2.20. The third-order valence-electron chi connectivity index (χ3n) is 2.02. The van der Waals surface area contributed by atoms with Crippen LogP contribution in [0.4, 0.5) is 0 Å². The molecule has 81 valence electrons. The molecule has 0 bridgehead atoms. The molecule has 14 heavy (non-hydrogen) atoms. The van der Waals surface area contributed by atoms with Gasteiger partial charge in [-0.3, -0.25) is 4.79 Å². The van der Waals surface area contributed by atoms with Crippen LogP contribution in [0.25, 0.3) is 0 Å². The first-order chi connectivity index (χ1) is 6.56. The topological polar surface area (TPSA) is 99.0 Å². The summed E-state index contributed by atoms with van der Waals surface area (Å²) in [5.74, 6) is -0.298. The molecular formula is C8H14NO5. The molecule has 0 unspecified atom stereocenters. The van der Waals surface area contributed by atoms with E-state index in [0.717, 1.165) is 0 Å². The molecule has 4 atom stereocenters. The van der Waals surface area contributed by atoms with Gasteiger partial charge in [-0.2, -0.15) is 0 Å².